The molecule has 0 saturated carbocycles. The Hall–Kier alpha value is -6.44. The van der Waals surface area contributed by atoms with Crippen molar-refractivity contribution in [3.8, 4) is 55.6 Å². The average Bonchev–Trinajstić information content (AvgIpc) is 3.35. The number of nitrogens with zero attached hydrogens (tertiary/aromatic N) is 1. The summed E-state index contributed by atoms with van der Waals surface area (Å²) in [6.07, 6.45) is 0.998. The molecular weight excluding hydrogens is 663 g/mol. The number of rotatable bonds is 4. The smallest absolute Gasteiger partial charge is 0.0540 e. The number of fused-ring (bicyclic) bond motifs is 10. The van der Waals surface area contributed by atoms with Crippen molar-refractivity contribution < 1.29 is 0 Å². The van der Waals surface area contributed by atoms with Crippen LogP contribution in [0.2, 0.25) is 0 Å². The van der Waals surface area contributed by atoms with Crippen molar-refractivity contribution in [2.45, 2.75) is 39.0 Å². The van der Waals surface area contributed by atoms with E-state index in [1.807, 2.05) is 0 Å². The highest BCUT2D eigenvalue weighted by molar-refractivity contribution is 6.02. The van der Waals surface area contributed by atoms with Crippen molar-refractivity contribution in [2.75, 3.05) is 4.90 Å². The molecule has 0 saturated heterocycles. The molecule has 1 nitrogen and oxygen atoms in total. The molecule has 10 rings (SSSR count). The quantitative estimate of drug-likeness (QED) is 0.176. The third-order valence-corrected chi connectivity index (χ3v) is 12.3. The Morgan fingerprint density at radius 3 is 1.47 bits per heavy atom. The van der Waals surface area contributed by atoms with Crippen molar-refractivity contribution in [1.82, 2.24) is 0 Å². The topological polar surface area (TPSA) is 3.24 Å². The Kier molecular flexibility index (Phi) is 8.11. The van der Waals surface area contributed by atoms with Crippen LogP contribution in [0.25, 0.3) is 55.6 Å². The maximum Gasteiger partial charge on any atom is 0.0540 e. The number of aryl methyl sites for hydroxylation is 2. The van der Waals surface area contributed by atoms with E-state index in [0.717, 1.165) is 6.42 Å². The fourth-order valence-corrected chi connectivity index (χ4v) is 9.52. The second-order valence-electron chi connectivity index (χ2n) is 15.4. The first-order valence-corrected chi connectivity index (χ1v) is 19.6. The van der Waals surface area contributed by atoms with Crippen molar-refractivity contribution in [3.63, 3.8) is 0 Å². The summed E-state index contributed by atoms with van der Waals surface area (Å²) < 4.78 is 0. The van der Waals surface area contributed by atoms with Crippen LogP contribution in [0, 0.1) is 13.8 Å². The molecule has 1 heterocycles. The van der Waals surface area contributed by atoms with Crippen LogP contribution in [0.5, 0.6) is 0 Å². The number of hydrogen-bond donors (Lipinski definition) is 0. The summed E-state index contributed by atoms with van der Waals surface area (Å²) in [5.74, 6) is 0.658. The van der Waals surface area contributed by atoms with Crippen LogP contribution in [0.3, 0.4) is 0 Å². The van der Waals surface area contributed by atoms with Crippen molar-refractivity contribution in [1.29, 1.82) is 0 Å². The second kappa shape index (κ2) is 13.4. The van der Waals surface area contributed by atoms with Crippen LogP contribution in [0.4, 0.5) is 17.1 Å². The van der Waals surface area contributed by atoms with Gasteiger partial charge in [-0.1, -0.05) is 165 Å². The predicted octanol–water partition coefficient (Wildman–Crippen LogP) is 14.9. The first kappa shape index (κ1) is 33.2. The highest BCUT2D eigenvalue weighted by Gasteiger charge is 2.29. The van der Waals surface area contributed by atoms with E-state index >= 15 is 0 Å². The van der Waals surface area contributed by atoms with Gasteiger partial charge in [0.05, 0.1) is 11.4 Å². The standard InChI is InChI=1S/C54H43N/c1-35-32-38(37(3)52-34-39-16-4-5-17-43(39)44-18-6-7-19-45(44)46-20-8-11-23-49(46)52)28-30-41(35)42-31-29-40(33-36(42)2)55-53-26-14-12-24-50(53)47-21-9-10-22-48(47)51-25-13-15-27-54(51)55/h4-33,37,52H,34H2,1-3H3. The van der Waals surface area contributed by atoms with Gasteiger partial charge in [-0.3, -0.25) is 0 Å². The molecule has 1 heteroatoms. The molecule has 0 amide bonds. The number of para-hydroxylation sites is 2. The Bertz CT molecular complexity index is 2680. The SMILES string of the molecule is Cc1cc(C(C)C2Cc3ccccc3-c3ccccc3-c3ccccc32)ccc1-c1ccc(N2c3ccccc3-c3ccccc3-c3ccccc32)cc1C. The van der Waals surface area contributed by atoms with Gasteiger partial charge in [-0.25, -0.2) is 0 Å². The van der Waals surface area contributed by atoms with Gasteiger partial charge in [-0.15, -0.1) is 0 Å². The van der Waals surface area contributed by atoms with Crippen molar-refractivity contribution in [3.05, 3.63) is 210 Å². The van der Waals surface area contributed by atoms with E-state index in [4.69, 9.17) is 0 Å². The largest absolute Gasteiger partial charge is 0.309 e. The molecule has 2 atom stereocenters. The highest BCUT2D eigenvalue weighted by Crippen LogP contribution is 2.51. The first-order chi connectivity index (χ1) is 27.0. The fraction of sp³-hybridized carbons (Fsp3) is 0.111. The lowest BCUT2D eigenvalue weighted by Gasteiger charge is -2.31. The van der Waals surface area contributed by atoms with E-state index in [1.165, 1.54) is 101 Å². The van der Waals surface area contributed by atoms with E-state index in [9.17, 15) is 0 Å². The molecule has 0 fully saturated rings. The summed E-state index contributed by atoms with van der Waals surface area (Å²) in [5, 5.41) is 0. The maximum atomic E-state index is 2.45. The summed E-state index contributed by atoms with van der Waals surface area (Å²) >= 11 is 0. The van der Waals surface area contributed by atoms with Gasteiger partial charge in [0, 0.05) is 16.8 Å². The zero-order valence-corrected chi connectivity index (χ0v) is 31.6. The van der Waals surface area contributed by atoms with E-state index in [-0.39, 0.29) is 0 Å². The van der Waals surface area contributed by atoms with Crippen LogP contribution >= 0.6 is 0 Å². The lowest BCUT2D eigenvalue weighted by Crippen LogP contribution is -2.15. The molecule has 2 aliphatic rings. The molecule has 2 unspecified atom stereocenters. The molecule has 1 aliphatic heterocycles. The maximum absolute atomic E-state index is 2.45. The number of anilines is 3. The van der Waals surface area contributed by atoms with E-state index < -0.39 is 0 Å². The van der Waals surface area contributed by atoms with Crippen LogP contribution in [-0.2, 0) is 6.42 Å². The number of benzene rings is 8. The zero-order valence-electron chi connectivity index (χ0n) is 31.6. The summed E-state index contributed by atoms with van der Waals surface area (Å²) in [7, 11) is 0. The predicted molar refractivity (Wildman–Crippen MR) is 233 cm³/mol. The van der Waals surface area contributed by atoms with Gasteiger partial charge in [0.15, 0.2) is 0 Å². The molecule has 1 aliphatic carbocycles. The van der Waals surface area contributed by atoms with Gasteiger partial charge in [0.25, 0.3) is 0 Å². The monoisotopic (exact) mass is 705 g/mol. The molecule has 8 aromatic rings. The molecule has 0 bridgehead atoms. The van der Waals surface area contributed by atoms with Crippen molar-refractivity contribution >= 4 is 17.1 Å². The Balaban J connectivity index is 1.02. The van der Waals surface area contributed by atoms with Gasteiger partial charge >= 0.3 is 0 Å². The Morgan fingerprint density at radius 2 is 0.873 bits per heavy atom. The fourth-order valence-electron chi connectivity index (χ4n) is 9.52. The van der Waals surface area contributed by atoms with Crippen molar-refractivity contribution in [2.24, 2.45) is 0 Å². The molecular formula is C54H43N. The Labute approximate surface area is 325 Å². The van der Waals surface area contributed by atoms with E-state index in [1.54, 1.807) is 0 Å². The van der Waals surface area contributed by atoms with Crippen LogP contribution in [-0.4, -0.2) is 0 Å². The van der Waals surface area contributed by atoms with Gasteiger partial charge in [-0.05, 0) is 129 Å². The molecule has 0 N–H and O–H groups in total. The number of hydrogen-bond acceptors (Lipinski definition) is 1. The molecule has 8 aromatic carbocycles. The van der Waals surface area contributed by atoms with Crippen LogP contribution in [0.15, 0.2) is 182 Å². The molecule has 264 valence electrons. The van der Waals surface area contributed by atoms with Gasteiger partial charge < -0.3 is 4.90 Å². The molecule has 55 heavy (non-hydrogen) atoms. The normalized spacial score (nSPS) is 14.5. The highest BCUT2D eigenvalue weighted by atomic mass is 15.1. The average molecular weight is 706 g/mol. The summed E-state index contributed by atoms with van der Waals surface area (Å²) in [4.78, 5) is 2.45. The Morgan fingerprint density at radius 1 is 0.418 bits per heavy atom. The summed E-state index contributed by atoms with van der Waals surface area (Å²) in [5.41, 5.74) is 23.3. The van der Waals surface area contributed by atoms with E-state index in [0.29, 0.717) is 11.8 Å². The minimum Gasteiger partial charge on any atom is -0.309 e. The third kappa shape index (κ3) is 5.53. The second-order valence-corrected chi connectivity index (χ2v) is 15.4. The lowest BCUT2D eigenvalue weighted by molar-refractivity contribution is 0.573. The summed E-state index contributed by atoms with van der Waals surface area (Å²) in [6.45, 7) is 6.98. The van der Waals surface area contributed by atoms with Gasteiger partial charge in [0.2, 0.25) is 0 Å². The zero-order chi connectivity index (χ0) is 37.0. The van der Waals surface area contributed by atoms with E-state index in [2.05, 4.69) is 208 Å². The molecule has 0 spiro atoms. The summed E-state index contributed by atoms with van der Waals surface area (Å²) in [6, 6.07) is 67.7. The van der Waals surface area contributed by atoms with Crippen LogP contribution in [0.1, 0.15) is 46.6 Å². The molecule has 0 aromatic heterocycles. The van der Waals surface area contributed by atoms with Gasteiger partial charge in [-0.2, -0.15) is 0 Å². The first-order valence-electron chi connectivity index (χ1n) is 19.6. The minimum atomic E-state index is 0.322. The van der Waals surface area contributed by atoms with Gasteiger partial charge in [0.1, 0.15) is 0 Å². The minimum absolute atomic E-state index is 0.322. The third-order valence-electron chi connectivity index (χ3n) is 12.3. The van der Waals surface area contributed by atoms with Crippen LogP contribution < -0.4 is 4.90 Å². The lowest BCUT2D eigenvalue weighted by atomic mass is 9.73. The molecule has 0 radical (unpaired) electrons.